The van der Waals surface area contributed by atoms with Gasteiger partial charge < -0.3 is 15.3 Å². The van der Waals surface area contributed by atoms with Crippen molar-refractivity contribution in [3.05, 3.63) is 35.4 Å². The summed E-state index contributed by atoms with van der Waals surface area (Å²) < 4.78 is 0. The maximum atomic E-state index is 12.1. The van der Waals surface area contributed by atoms with E-state index >= 15 is 0 Å². The lowest BCUT2D eigenvalue weighted by Gasteiger charge is -2.21. The molecule has 0 spiro atoms. The molecule has 0 bridgehead atoms. The molecule has 5 nitrogen and oxygen atoms in total. The Bertz CT molecular complexity index is 576. The maximum absolute atomic E-state index is 12.1. The highest BCUT2D eigenvalue weighted by Gasteiger charge is 2.38. The van der Waals surface area contributed by atoms with Gasteiger partial charge in [-0.1, -0.05) is 24.3 Å². The quantitative estimate of drug-likeness (QED) is 0.869. The fourth-order valence-electron chi connectivity index (χ4n) is 3.39. The number of amides is 2. The minimum atomic E-state index is -1.17. The van der Waals surface area contributed by atoms with E-state index in [9.17, 15) is 14.7 Å². The number of hydrogen-bond donors (Lipinski definition) is 2. The van der Waals surface area contributed by atoms with Crippen LogP contribution in [0.3, 0.4) is 0 Å². The average molecular weight is 316 g/mol. The number of aliphatic hydroxyl groups is 1. The summed E-state index contributed by atoms with van der Waals surface area (Å²) in [5, 5.41) is 13.0. The molecular weight excluding hydrogens is 292 g/mol. The molecule has 23 heavy (non-hydrogen) atoms. The standard InChI is InChI=1S/C18H24N2O3/c21-16-4-3-11-20(16)13-15-7-5-14(6-8-15)12-19-17(22)18(23)9-1-2-10-18/h5-8,23H,1-4,9-13H2,(H,19,22). The van der Waals surface area contributed by atoms with Crippen molar-refractivity contribution in [3.8, 4) is 0 Å². The van der Waals surface area contributed by atoms with E-state index in [-0.39, 0.29) is 11.8 Å². The number of likely N-dealkylation sites (tertiary alicyclic amines) is 1. The Hall–Kier alpha value is -1.88. The van der Waals surface area contributed by atoms with Crippen LogP contribution in [-0.2, 0) is 22.7 Å². The lowest BCUT2D eigenvalue weighted by atomic mass is 10.0. The van der Waals surface area contributed by atoms with Crippen LogP contribution < -0.4 is 5.32 Å². The van der Waals surface area contributed by atoms with Crippen LogP contribution in [-0.4, -0.2) is 34.0 Å². The van der Waals surface area contributed by atoms with Crippen molar-refractivity contribution in [1.82, 2.24) is 10.2 Å². The van der Waals surface area contributed by atoms with Gasteiger partial charge in [0, 0.05) is 26.1 Å². The van der Waals surface area contributed by atoms with Gasteiger partial charge in [0.25, 0.3) is 5.91 Å². The third-order valence-electron chi connectivity index (χ3n) is 4.87. The number of rotatable bonds is 5. The van der Waals surface area contributed by atoms with E-state index < -0.39 is 5.60 Å². The van der Waals surface area contributed by atoms with Crippen LogP contribution in [0.5, 0.6) is 0 Å². The minimum absolute atomic E-state index is 0.228. The fourth-order valence-corrected chi connectivity index (χ4v) is 3.39. The molecule has 0 unspecified atom stereocenters. The van der Waals surface area contributed by atoms with Crippen molar-refractivity contribution >= 4 is 11.8 Å². The first-order valence-electron chi connectivity index (χ1n) is 8.43. The topological polar surface area (TPSA) is 69.6 Å². The Kier molecular flexibility index (Phi) is 4.66. The molecule has 5 heteroatoms. The van der Waals surface area contributed by atoms with Crippen molar-refractivity contribution in [2.75, 3.05) is 6.54 Å². The SMILES string of the molecule is O=C1CCCN1Cc1ccc(CNC(=O)C2(O)CCCC2)cc1. The van der Waals surface area contributed by atoms with E-state index in [2.05, 4.69) is 5.32 Å². The van der Waals surface area contributed by atoms with Crippen molar-refractivity contribution in [3.63, 3.8) is 0 Å². The summed E-state index contributed by atoms with van der Waals surface area (Å²) in [5.41, 5.74) is 0.928. The highest BCUT2D eigenvalue weighted by molar-refractivity contribution is 5.85. The molecule has 1 saturated carbocycles. The molecule has 0 aromatic heterocycles. The number of carbonyl (C=O) groups excluding carboxylic acids is 2. The van der Waals surface area contributed by atoms with Gasteiger partial charge in [0.05, 0.1) is 0 Å². The largest absolute Gasteiger partial charge is 0.380 e. The lowest BCUT2D eigenvalue weighted by molar-refractivity contribution is -0.139. The molecule has 2 amide bonds. The van der Waals surface area contributed by atoms with Crippen molar-refractivity contribution in [2.45, 2.75) is 57.2 Å². The highest BCUT2D eigenvalue weighted by Crippen LogP contribution is 2.29. The zero-order valence-electron chi connectivity index (χ0n) is 13.4. The first-order chi connectivity index (χ1) is 11.1. The molecule has 3 rings (SSSR count). The molecule has 0 atom stereocenters. The summed E-state index contributed by atoms with van der Waals surface area (Å²) in [6.07, 6.45) is 4.55. The van der Waals surface area contributed by atoms with Gasteiger partial charge in [-0.3, -0.25) is 9.59 Å². The number of benzene rings is 1. The summed E-state index contributed by atoms with van der Waals surface area (Å²) in [5.74, 6) is -0.0344. The van der Waals surface area contributed by atoms with Crippen LogP contribution in [0.1, 0.15) is 49.7 Å². The van der Waals surface area contributed by atoms with Crippen LogP contribution >= 0.6 is 0 Å². The van der Waals surface area contributed by atoms with E-state index in [1.54, 1.807) is 0 Å². The second-order valence-electron chi connectivity index (χ2n) is 6.66. The van der Waals surface area contributed by atoms with Crippen LogP contribution in [0.2, 0.25) is 0 Å². The highest BCUT2D eigenvalue weighted by atomic mass is 16.3. The molecule has 0 radical (unpaired) electrons. The molecule has 1 aliphatic carbocycles. The molecule has 2 fully saturated rings. The van der Waals surface area contributed by atoms with Gasteiger partial charge in [0.15, 0.2) is 0 Å². The Labute approximate surface area is 136 Å². The van der Waals surface area contributed by atoms with Gasteiger partial charge in [-0.15, -0.1) is 0 Å². The predicted molar refractivity (Wildman–Crippen MR) is 86.4 cm³/mol. The van der Waals surface area contributed by atoms with Crippen molar-refractivity contribution in [2.24, 2.45) is 0 Å². The molecule has 1 saturated heterocycles. The summed E-state index contributed by atoms with van der Waals surface area (Å²) in [6, 6.07) is 7.93. The Morgan fingerprint density at radius 3 is 2.39 bits per heavy atom. The van der Waals surface area contributed by atoms with E-state index in [1.165, 1.54) is 0 Å². The van der Waals surface area contributed by atoms with Gasteiger partial charge in [-0.05, 0) is 43.2 Å². The second-order valence-corrected chi connectivity index (χ2v) is 6.66. The lowest BCUT2D eigenvalue weighted by Crippen LogP contribution is -2.44. The molecule has 1 aromatic rings. The third-order valence-corrected chi connectivity index (χ3v) is 4.87. The van der Waals surface area contributed by atoms with Gasteiger partial charge >= 0.3 is 0 Å². The first kappa shape index (κ1) is 16.0. The second kappa shape index (κ2) is 6.71. The van der Waals surface area contributed by atoms with Gasteiger partial charge in [-0.25, -0.2) is 0 Å². The smallest absolute Gasteiger partial charge is 0.252 e. The average Bonchev–Trinajstić information content (AvgIpc) is 3.16. The monoisotopic (exact) mass is 316 g/mol. The number of nitrogens with one attached hydrogen (secondary N) is 1. The first-order valence-corrected chi connectivity index (χ1v) is 8.43. The Morgan fingerprint density at radius 2 is 1.78 bits per heavy atom. The fraction of sp³-hybridized carbons (Fsp3) is 0.556. The molecule has 1 heterocycles. The zero-order valence-corrected chi connectivity index (χ0v) is 13.4. The van der Waals surface area contributed by atoms with Crippen LogP contribution in [0.25, 0.3) is 0 Å². The number of nitrogens with zero attached hydrogens (tertiary/aromatic N) is 1. The molecule has 1 aliphatic heterocycles. The van der Waals surface area contributed by atoms with Crippen LogP contribution in [0.4, 0.5) is 0 Å². The minimum Gasteiger partial charge on any atom is -0.380 e. The summed E-state index contributed by atoms with van der Waals surface area (Å²) in [7, 11) is 0. The zero-order chi connectivity index (χ0) is 16.3. The van der Waals surface area contributed by atoms with E-state index in [1.807, 2.05) is 29.2 Å². The molecule has 1 aromatic carbocycles. The van der Waals surface area contributed by atoms with Crippen molar-refractivity contribution < 1.29 is 14.7 Å². The normalized spacial score (nSPS) is 20.0. The molecule has 124 valence electrons. The summed E-state index contributed by atoms with van der Waals surface area (Å²) in [6.45, 7) is 1.92. The number of hydrogen-bond acceptors (Lipinski definition) is 3. The maximum Gasteiger partial charge on any atom is 0.252 e. The van der Waals surface area contributed by atoms with Gasteiger partial charge in [-0.2, -0.15) is 0 Å². The molecule has 2 aliphatic rings. The summed E-state index contributed by atoms with van der Waals surface area (Å²) >= 11 is 0. The van der Waals surface area contributed by atoms with Crippen LogP contribution in [0.15, 0.2) is 24.3 Å². The molecular formula is C18H24N2O3. The third kappa shape index (κ3) is 3.72. The van der Waals surface area contributed by atoms with Crippen molar-refractivity contribution in [1.29, 1.82) is 0 Å². The van der Waals surface area contributed by atoms with E-state index in [0.29, 0.717) is 32.4 Å². The number of carbonyl (C=O) groups is 2. The van der Waals surface area contributed by atoms with E-state index in [0.717, 1.165) is 36.9 Å². The Balaban J connectivity index is 1.51. The van der Waals surface area contributed by atoms with Crippen LogP contribution in [0, 0.1) is 0 Å². The predicted octanol–water partition coefficient (Wildman–Crippen LogP) is 1.73. The van der Waals surface area contributed by atoms with Gasteiger partial charge in [0.1, 0.15) is 5.60 Å². The summed E-state index contributed by atoms with van der Waals surface area (Å²) in [4.78, 5) is 25.6. The van der Waals surface area contributed by atoms with E-state index in [4.69, 9.17) is 0 Å². The Morgan fingerprint density at radius 1 is 1.13 bits per heavy atom. The molecule has 2 N–H and O–H groups in total. The van der Waals surface area contributed by atoms with Gasteiger partial charge in [0.2, 0.25) is 5.91 Å².